The minimum absolute atomic E-state index is 0.230. The van der Waals surface area contributed by atoms with Gasteiger partial charge >= 0.3 is 0 Å². The zero-order valence-electron chi connectivity index (χ0n) is 9.79. The second kappa shape index (κ2) is 8.30. The normalized spacial score (nSPS) is 14.3. The van der Waals surface area contributed by atoms with E-state index in [1.54, 1.807) is 23.7 Å². The minimum atomic E-state index is -3.90. The highest BCUT2D eigenvalue weighted by Gasteiger charge is 2.11. The van der Waals surface area contributed by atoms with Crippen molar-refractivity contribution in [2.24, 2.45) is 0 Å². The van der Waals surface area contributed by atoms with Crippen LogP contribution in [0.4, 0.5) is 0 Å². The van der Waals surface area contributed by atoms with Crippen molar-refractivity contribution in [3.05, 3.63) is 0 Å². The van der Waals surface area contributed by atoms with Gasteiger partial charge in [0.15, 0.2) is 0 Å². The zero-order chi connectivity index (χ0) is 12.6. The first kappa shape index (κ1) is 16.2. The topological polar surface area (TPSA) is 77.8 Å². The molecule has 0 aliphatic heterocycles. The lowest BCUT2D eigenvalue weighted by atomic mass is 10.4. The second-order valence-electron chi connectivity index (χ2n) is 3.78. The van der Waals surface area contributed by atoms with Gasteiger partial charge in [0.1, 0.15) is 0 Å². The Morgan fingerprint density at radius 3 is 2.56 bits per heavy atom. The van der Waals surface area contributed by atoms with E-state index >= 15 is 0 Å². The highest BCUT2D eigenvalue weighted by molar-refractivity contribution is 7.99. The molecule has 0 aromatic carbocycles. The van der Waals surface area contributed by atoms with Gasteiger partial charge in [-0.1, -0.05) is 6.92 Å². The summed E-state index contributed by atoms with van der Waals surface area (Å²) < 4.78 is 29.5. The van der Waals surface area contributed by atoms with Gasteiger partial charge in [-0.25, -0.2) is 0 Å². The number of hydrogen-bond donors (Lipinski definition) is 2. The van der Waals surface area contributed by atoms with Gasteiger partial charge in [0.2, 0.25) is 0 Å². The molecular formula is C9H21NO4S2. The van der Waals surface area contributed by atoms with Crippen molar-refractivity contribution in [1.29, 1.82) is 0 Å². The number of hydrogen-bond acceptors (Lipinski definition) is 5. The average molecular weight is 271 g/mol. The van der Waals surface area contributed by atoms with Gasteiger partial charge in [-0.2, -0.15) is 20.2 Å². The molecule has 0 aliphatic carbocycles. The van der Waals surface area contributed by atoms with Crippen molar-refractivity contribution in [3.8, 4) is 0 Å². The third-order valence-corrected chi connectivity index (χ3v) is 3.93. The summed E-state index contributed by atoms with van der Waals surface area (Å²) in [4.78, 5) is 1.70. The maximum absolute atomic E-state index is 10.5. The van der Waals surface area contributed by atoms with Crippen LogP contribution in [0, 0.1) is 0 Å². The Balaban J connectivity index is 3.65. The lowest BCUT2D eigenvalue weighted by Crippen LogP contribution is -2.34. The standard InChI is InChI=1S/C9H21NO4S2/c1-3-5-15-8-9(11)7-10(2)4-6-16(12,13)14/h9,11H,3-8H2,1-2H3,(H,12,13,14). The Labute approximate surface area is 102 Å². The second-order valence-corrected chi connectivity index (χ2v) is 6.50. The highest BCUT2D eigenvalue weighted by atomic mass is 32.2. The lowest BCUT2D eigenvalue weighted by molar-refractivity contribution is 0.148. The SMILES string of the molecule is CCCSCC(O)CN(C)CCS(=O)(=O)O. The third-order valence-electron chi connectivity index (χ3n) is 1.91. The molecule has 2 N–H and O–H groups in total. The molecule has 0 bridgehead atoms. The van der Waals surface area contributed by atoms with Crippen LogP contribution in [0.25, 0.3) is 0 Å². The summed E-state index contributed by atoms with van der Waals surface area (Å²) in [5.41, 5.74) is 0. The summed E-state index contributed by atoms with van der Waals surface area (Å²) in [6, 6.07) is 0. The van der Waals surface area contributed by atoms with Gasteiger partial charge in [0, 0.05) is 18.8 Å². The van der Waals surface area contributed by atoms with Gasteiger partial charge < -0.3 is 10.0 Å². The number of likely N-dealkylation sites (N-methyl/N-ethyl adjacent to an activating group) is 1. The van der Waals surface area contributed by atoms with Crippen molar-refractivity contribution in [2.45, 2.75) is 19.4 Å². The van der Waals surface area contributed by atoms with E-state index in [0.717, 1.165) is 12.2 Å². The van der Waals surface area contributed by atoms with Crippen molar-refractivity contribution >= 4 is 21.9 Å². The number of aliphatic hydroxyl groups is 1. The number of aliphatic hydroxyl groups excluding tert-OH is 1. The van der Waals surface area contributed by atoms with E-state index in [0.29, 0.717) is 12.3 Å². The molecule has 0 aromatic heterocycles. The summed E-state index contributed by atoms with van der Waals surface area (Å²) in [6.45, 7) is 2.73. The van der Waals surface area contributed by atoms with E-state index < -0.39 is 16.2 Å². The molecule has 0 rings (SSSR count). The average Bonchev–Trinajstić information content (AvgIpc) is 2.14. The Kier molecular flexibility index (Phi) is 8.39. The summed E-state index contributed by atoms with van der Waals surface area (Å²) in [5, 5.41) is 9.60. The van der Waals surface area contributed by atoms with Crippen LogP contribution in [-0.2, 0) is 10.1 Å². The molecule has 0 aromatic rings. The van der Waals surface area contributed by atoms with Crippen LogP contribution < -0.4 is 0 Å². The molecule has 0 amide bonds. The number of rotatable bonds is 9. The van der Waals surface area contributed by atoms with Crippen LogP contribution in [0.5, 0.6) is 0 Å². The van der Waals surface area contributed by atoms with E-state index in [1.807, 2.05) is 0 Å². The summed E-state index contributed by atoms with van der Waals surface area (Å²) in [6.07, 6.45) is 0.624. The highest BCUT2D eigenvalue weighted by Crippen LogP contribution is 2.05. The predicted octanol–water partition coefficient (Wildman–Crippen LogP) is 0.310. The van der Waals surface area contributed by atoms with Crippen molar-refractivity contribution < 1.29 is 18.1 Å². The monoisotopic (exact) mass is 271 g/mol. The molecule has 1 unspecified atom stereocenters. The predicted molar refractivity (Wildman–Crippen MR) is 67.5 cm³/mol. The summed E-state index contributed by atoms with van der Waals surface area (Å²) >= 11 is 1.68. The first-order valence-corrected chi connectivity index (χ1v) is 8.01. The maximum atomic E-state index is 10.5. The Bertz CT molecular complexity index is 269. The van der Waals surface area contributed by atoms with E-state index in [2.05, 4.69) is 6.92 Å². The van der Waals surface area contributed by atoms with Crippen molar-refractivity contribution in [1.82, 2.24) is 4.90 Å². The van der Waals surface area contributed by atoms with Crippen molar-refractivity contribution in [2.75, 3.05) is 37.4 Å². The molecule has 7 heteroatoms. The van der Waals surface area contributed by atoms with Crippen LogP contribution in [0.15, 0.2) is 0 Å². The number of thioether (sulfide) groups is 1. The molecular weight excluding hydrogens is 250 g/mol. The van der Waals surface area contributed by atoms with E-state index in [1.165, 1.54) is 0 Å². The molecule has 5 nitrogen and oxygen atoms in total. The quantitative estimate of drug-likeness (QED) is 0.464. The number of nitrogens with zero attached hydrogens (tertiary/aromatic N) is 1. The van der Waals surface area contributed by atoms with Crippen LogP contribution in [-0.4, -0.2) is 66.5 Å². The fourth-order valence-corrected chi connectivity index (χ4v) is 2.51. The van der Waals surface area contributed by atoms with Gasteiger partial charge in [-0.05, 0) is 19.2 Å². The first-order valence-electron chi connectivity index (χ1n) is 5.24. The Morgan fingerprint density at radius 1 is 1.44 bits per heavy atom. The molecule has 0 aliphatic rings. The van der Waals surface area contributed by atoms with Gasteiger partial charge in [0.05, 0.1) is 11.9 Å². The lowest BCUT2D eigenvalue weighted by Gasteiger charge is -2.19. The largest absolute Gasteiger partial charge is 0.391 e. The van der Waals surface area contributed by atoms with Crippen molar-refractivity contribution in [3.63, 3.8) is 0 Å². The minimum Gasteiger partial charge on any atom is -0.391 e. The van der Waals surface area contributed by atoms with E-state index in [-0.39, 0.29) is 12.3 Å². The molecule has 0 heterocycles. The van der Waals surface area contributed by atoms with Gasteiger partial charge in [-0.15, -0.1) is 0 Å². The smallest absolute Gasteiger partial charge is 0.266 e. The fourth-order valence-electron chi connectivity index (χ4n) is 1.14. The van der Waals surface area contributed by atoms with Crippen LogP contribution in [0.2, 0.25) is 0 Å². The van der Waals surface area contributed by atoms with Gasteiger partial charge in [-0.3, -0.25) is 4.55 Å². The van der Waals surface area contributed by atoms with Crippen LogP contribution in [0.3, 0.4) is 0 Å². The van der Waals surface area contributed by atoms with E-state index in [9.17, 15) is 13.5 Å². The molecule has 1 atom stereocenters. The third kappa shape index (κ3) is 10.7. The fraction of sp³-hybridized carbons (Fsp3) is 1.00. The molecule has 0 saturated carbocycles. The molecule has 0 fully saturated rings. The summed E-state index contributed by atoms with van der Waals surface area (Å²) in [7, 11) is -2.18. The molecule has 98 valence electrons. The molecule has 0 spiro atoms. The molecule has 0 radical (unpaired) electrons. The zero-order valence-corrected chi connectivity index (χ0v) is 11.4. The van der Waals surface area contributed by atoms with Crippen LogP contribution >= 0.6 is 11.8 Å². The van der Waals surface area contributed by atoms with E-state index in [4.69, 9.17) is 4.55 Å². The maximum Gasteiger partial charge on any atom is 0.266 e. The molecule has 0 saturated heterocycles. The van der Waals surface area contributed by atoms with Crippen LogP contribution in [0.1, 0.15) is 13.3 Å². The van der Waals surface area contributed by atoms with Gasteiger partial charge in [0.25, 0.3) is 10.1 Å². The Hall–Kier alpha value is 0.180. The summed E-state index contributed by atoms with van der Waals surface area (Å²) in [5.74, 6) is 1.38. The Morgan fingerprint density at radius 2 is 2.06 bits per heavy atom. The molecule has 16 heavy (non-hydrogen) atoms. The first-order chi connectivity index (χ1) is 7.35.